The van der Waals surface area contributed by atoms with Gasteiger partial charge in [-0.15, -0.1) is 0 Å². The second-order valence-corrected chi connectivity index (χ2v) is 4.50. The standard InChI is InChI=1S/C14H12ClF3O3/c1-3-21-7-11(8(2)19)13(20)10-5-4-9(15)6-12(10)14(16,17)18/h4-7H,3H2,1-2H3. The summed E-state index contributed by atoms with van der Waals surface area (Å²) in [6, 6.07) is 2.74. The molecule has 0 heterocycles. The summed E-state index contributed by atoms with van der Waals surface area (Å²) in [5.74, 6) is -1.74. The number of ether oxygens (including phenoxy) is 1. The number of hydrogen-bond acceptors (Lipinski definition) is 3. The fourth-order valence-corrected chi connectivity index (χ4v) is 1.73. The van der Waals surface area contributed by atoms with Gasteiger partial charge in [-0.3, -0.25) is 9.59 Å². The van der Waals surface area contributed by atoms with Gasteiger partial charge in [-0.1, -0.05) is 11.6 Å². The van der Waals surface area contributed by atoms with Crippen molar-refractivity contribution in [2.45, 2.75) is 20.0 Å². The highest BCUT2D eigenvalue weighted by atomic mass is 35.5. The largest absolute Gasteiger partial charge is 0.501 e. The van der Waals surface area contributed by atoms with Crippen LogP contribution in [0.2, 0.25) is 5.02 Å². The topological polar surface area (TPSA) is 43.4 Å². The minimum atomic E-state index is -4.76. The summed E-state index contributed by atoms with van der Waals surface area (Å²) in [6.07, 6.45) is -3.89. The minimum Gasteiger partial charge on any atom is -0.501 e. The van der Waals surface area contributed by atoms with E-state index in [0.29, 0.717) is 6.07 Å². The predicted molar refractivity (Wildman–Crippen MR) is 71.2 cm³/mol. The first-order valence-electron chi connectivity index (χ1n) is 5.92. The van der Waals surface area contributed by atoms with Crippen LogP contribution in [0.3, 0.4) is 0 Å². The van der Waals surface area contributed by atoms with Gasteiger partial charge in [-0.2, -0.15) is 13.2 Å². The summed E-state index contributed by atoms with van der Waals surface area (Å²) in [4.78, 5) is 23.6. The fraction of sp³-hybridized carbons (Fsp3) is 0.286. The zero-order chi connectivity index (χ0) is 16.2. The molecule has 0 saturated heterocycles. The van der Waals surface area contributed by atoms with Gasteiger partial charge in [0, 0.05) is 10.6 Å². The highest BCUT2D eigenvalue weighted by Gasteiger charge is 2.36. The number of carbonyl (C=O) groups excluding carboxylic acids is 2. The maximum absolute atomic E-state index is 13.0. The first-order valence-corrected chi connectivity index (χ1v) is 6.30. The normalized spacial score (nSPS) is 12.2. The Kier molecular flexibility index (Phi) is 5.54. The Morgan fingerprint density at radius 1 is 1.33 bits per heavy atom. The van der Waals surface area contributed by atoms with Gasteiger partial charge in [0.25, 0.3) is 0 Å². The third-order valence-electron chi connectivity index (χ3n) is 2.52. The smallest absolute Gasteiger partial charge is 0.417 e. The van der Waals surface area contributed by atoms with Gasteiger partial charge >= 0.3 is 6.18 Å². The Hall–Kier alpha value is -1.82. The van der Waals surface area contributed by atoms with E-state index in [0.717, 1.165) is 25.3 Å². The summed E-state index contributed by atoms with van der Waals surface area (Å²) < 4.78 is 43.7. The van der Waals surface area contributed by atoms with Gasteiger partial charge in [-0.05, 0) is 32.0 Å². The molecule has 0 aromatic heterocycles. The molecule has 0 amide bonds. The maximum atomic E-state index is 13.0. The zero-order valence-electron chi connectivity index (χ0n) is 11.3. The summed E-state index contributed by atoms with van der Waals surface area (Å²) in [5.41, 5.74) is -2.29. The van der Waals surface area contributed by atoms with Crippen molar-refractivity contribution in [2.75, 3.05) is 6.61 Å². The number of hydrogen-bond donors (Lipinski definition) is 0. The van der Waals surface area contributed by atoms with Crippen LogP contribution in [-0.4, -0.2) is 18.2 Å². The molecular formula is C14H12ClF3O3. The number of allylic oxidation sites excluding steroid dienone is 1. The fourth-order valence-electron chi connectivity index (χ4n) is 1.56. The number of ketones is 2. The Morgan fingerprint density at radius 3 is 2.43 bits per heavy atom. The van der Waals surface area contributed by atoms with Crippen molar-refractivity contribution in [2.24, 2.45) is 0 Å². The van der Waals surface area contributed by atoms with Gasteiger partial charge in [-0.25, -0.2) is 0 Å². The van der Waals surface area contributed by atoms with Crippen molar-refractivity contribution in [3.63, 3.8) is 0 Å². The average molecular weight is 321 g/mol. The highest BCUT2D eigenvalue weighted by molar-refractivity contribution is 6.31. The summed E-state index contributed by atoms with van der Waals surface area (Å²) in [7, 11) is 0. The second kappa shape index (κ2) is 6.76. The van der Waals surface area contributed by atoms with Gasteiger partial charge in [0.05, 0.1) is 24.0 Å². The van der Waals surface area contributed by atoms with Gasteiger partial charge in [0.1, 0.15) is 0 Å². The Morgan fingerprint density at radius 2 is 1.95 bits per heavy atom. The van der Waals surface area contributed by atoms with E-state index in [9.17, 15) is 22.8 Å². The number of rotatable bonds is 5. The van der Waals surface area contributed by atoms with Crippen molar-refractivity contribution in [1.29, 1.82) is 0 Å². The molecule has 0 unspecified atom stereocenters. The quantitative estimate of drug-likeness (QED) is 0.270. The molecule has 1 rings (SSSR count). The molecule has 3 nitrogen and oxygen atoms in total. The van der Waals surface area contributed by atoms with Crippen LogP contribution in [0.1, 0.15) is 29.8 Å². The Balaban J connectivity index is 3.39. The molecule has 0 aliphatic heterocycles. The van der Waals surface area contributed by atoms with Crippen molar-refractivity contribution in [3.05, 3.63) is 46.2 Å². The lowest BCUT2D eigenvalue weighted by atomic mass is 9.97. The van der Waals surface area contributed by atoms with Crippen LogP contribution in [0.4, 0.5) is 13.2 Å². The van der Waals surface area contributed by atoms with Crippen LogP contribution in [0, 0.1) is 0 Å². The van der Waals surface area contributed by atoms with Gasteiger partial charge in [0.2, 0.25) is 0 Å². The van der Waals surface area contributed by atoms with E-state index in [1.807, 2.05) is 0 Å². The number of benzene rings is 1. The van der Waals surface area contributed by atoms with E-state index >= 15 is 0 Å². The second-order valence-electron chi connectivity index (χ2n) is 4.06. The summed E-state index contributed by atoms with van der Waals surface area (Å²) in [5, 5.41) is -0.156. The van der Waals surface area contributed by atoms with Crippen LogP contribution in [-0.2, 0) is 15.7 Å². The first-order chi connectivity index (χ1) is 9.68. The van der Waals surface area contributed by atoms with Crippen molar-refractivity contribution >= 4 is 23.2 Å². The Labute approximate surface area is 124 Å². The third kappa shape index (κ3) is 4.32. The van der Waals surface area contributed by atoms with Crippen LogP contribution in [0.15, 0.2) is 30.0 Å². The molecule has 21 heavy (non-hydrogen) atoms. The zero-order valence-corrected chi connectivity index (χ0v) is 12.0. The third-order valence-corrected chi connectivity index (χ3v) is 2.76. The predicted octanol–water partition coefficient (Wildman–Crippen LogP) is 4.05. The molecule has 0 bridgehead atoms. The van der Waals surface area contributed by atoms with Crippen LogP contribution in [0.25, 0.3) is 0 Å². The highest BCUT2D eigenvalue weighted by Crippen LogP contribution is 2.34. The van der Waals surface area contributed by atoms with E-state index in [1.165, 1.54) is 0 Å². The SMILES string of the molecule is CCOC=C(C(C)=O)C(=O)c1ccc(Cl)cc1C(F)(F)F. The number of Topliss-reactive ketones (excluding diaryl/α,β-unsaturated/α-hetero) is 2. The van der Waals surface area contributed by atoms with E-state index < -0.39 is 34.4 Å². The molecule has 1 aromatic carbocycles. The lowest BCUT2D eigenvalue weighted by Gasteiger charge is -2.13. The molecule has 0 aliphatic carbocycles. The van der Waals surface area contributed by atoms with E-state index in [-0.39, 0.29) is 11.6 Å². The van der Waals surface area contributed by atoms with Crippen LogP contribution in [0.5, 0.6) is 0 Å². The Bertz CT molecular complexity index is 592. The van der Waals surface area contributed by atoms with Crippen LogP contribution >= 0.6 is 11.6 Å². The molecule has 0 N–H and O–H groups in total. The van der Waals surface area contributed by atoms with Gasteiger partial charge < -0.3 is 4.74 Å². The van der Waals surface area contributed by atoms with Gasteiger partial charge in [0.15, 0.2) is 11.6 Å². The van der Waals surface area contributed by atoms with E-state index in [2.05, 4.69) is 0 Å². The molecule has 1 aromatic rings. The van der Waals surface area contributed by atoms with Crippen LogP contribution < -0.4 is 0 Å². The van der Waals surface area contributed by atoms with E-state index in [4.69, 9.17) is 16.3 Å². The molecule has 0 radical (unpaired) electrons. The molecular weight excluding hydrogens is 309 g/mol. The molecule has 0 saturated carbocycles. The molecule has 0 fully saturated rings. The molecule has 0 aliphatic rings. The lowest BCUT2D eigenvalue weighted by molar-refractivity contribution is -0.138. The molecule has 114 valence electrons. The number of halogens is 4. The maximum Gasteiger partial charge on any atom is 0.417 e. The van der Waals surface area contributed by atoms with Crippen molar-refractivity contribution in [3.8, 4) is 0 Å². The monoisotopic (exact) mass is 320 g/mol. The average Bonchev–Trinajstić information content (AvgIpc) is 2.37. The molecule has 0 atom stereocenters. The number of alkyl halides is 3. The minimum absolute atomic E-state index is 0.156. The first kappa shape index (κ1) is 17.2. The lowest BCUT2D eigenvalue weighted by Crippen LogP contribution is -2.17. The summed E-state index contributed by atoms with van der Waals surface area (Å²) >= 11 is 5.54. The van der Waals surface area contributed by atoms with Crippen molar-refractivity contribution in [1.82, 2.24) is 0 Å². The molecule has 0 spiro atoms. The number of carbonyl (C=O) groups is 2. The van der Waals surface area contributed by atoms with E-state index in [1.54, 1.807) is 6.92 Å². The van der Waals surface area contributed by atoms with Crippen molar-refractivity contribution < 1.29 is 27.5 Å². The molecule has 7 heteroatoms. The summed E-state index contributed by atoms with van der Waals surface area (Å²) in [6.45, 7) is 2.87.